The van der Waals surface area contributed by atoms with Crippen LogP contribution in [0.5, 0.6) is 0 Å². The van der Waals surface area contributed by atoms with Crippen molar-refractivity contribution in [3.8, 4) is 0 Å². The molecule has 0 radical (unpaired) electrons. The first-order valence-corrected chi connectivity index (χ1v) is 3.40. The molecule has 1 aromatic heterocycles. The van der Waals surface area contributed by atoms with Crippen LogP contribution >= 0.6 is 0 Å². The fraction of sp³-hybridized carbons (Fsp3) is 0.667. The lowest BCUT2D eigenvalue weighted by atomic mass is 10.4. The predicted molar refractivity (Wildman–Crippen MR) is 40.9 cm³/mol. The molecule has 0 saturated carbocycles. The normalized spacial score (nSPS) is 13.3. The van der Waals surface area contributed by atoms with E-state index in [0.29, 0.717) is 12.4 Å². The van der Waals surface area contributed by atoms with Crippen molar-refractivity contribution in [3.63, 3.8) is 0 Å². The van der Waals surface area contributed by atoms with Crippen LogP contribution in [0.2, 0.25) is 0 Å². The minimum Gasteiger partial charge on any atom is -0.381 e. The molecule has 0 spiro atoms. The van der Waals surface area contributed by atoms with Crippen molar-refractivity contribution in [2.24, 2.45) is 0 Å². The smallest absolute Gasteiger partial charge is 0.165 e. The van der Waals surface area contributed by atoms with Gasteiger partial charge in [0.15, 0.2) is 5.82 Å². The number of rotatable bonds is 3. The van der Waals surface area contributed by atoms with Gasteiger partial charge >= 0.3 is 0 Å². The van der Waals surface area contributed by atoms with E-state index >= 15 is 0 Å². The van der Waals surface area contributed by atoms with Gasteiger partial charge in [0.05, 0.1) is 18.8 Å². The Balaban J connectivity index is 2.50. The summed E-state index contributed by atoms with van der Waals surface area (Å²) in [7, 11) is 1.66. The third kappa shape index (κ3) is 2.19. The number of hydrogen-bond acceptors (Lipinski definition) is 4. The van der Waals surface area contributed by atoms with Crippen LogP contribution in [0.1, 0.15) is 6.92 Å². The summed E-state index contributed by atoms with van der Waals surface area (Å²) < 4.78 is 6.69. The number of methoxy groups -OCH3 is 1. The minimum absolute atomic E-state index is 0.135. The van der Waals surface area contributed by atoms with Crippen LogP contribution in [0.4, 0.5) is 5.82 Å². The Morgan fingerprint density at radius 1 is 1.82 bits per heavy atom. The Morgan fingerprint density at radius 3 is 3.00 bits per heavy atom. The van der Waals surface area contributed by atoms with Crippen molar-refractivity contribution in [2.45, 2.75) is 19.6 Å². The Bertz CT molecular complexity index is 222. The maximum Gasteiger partial charge on any atom is 0.165 e. The second kappa shape index (κ2) is 3.34. The SMILES string of the molecule is COC(C)Cn1cc(N)nn1. The molecule has 0 saturated heterocycles. The van der Waals surface area contributed by atoms with Gasteiger partial charge in [-0.3, -0.25) is 0 Å². The molecule has 11 heavy (non-hydrogen) atoms. The first kappa shape index (κ1) is 8.00. The number of nitrogens with zero attached hydrogens (tertiary/aromatic N) is 3. The van der Waals surface area contributed by atoms with Crippen LogP contribution in [-0.2, 0) is 11.3 Å². The monoisotopic (exact) mass is 156 g/mol. The summed E-state index contributed by atoms with van der Waals surface area (Å²) in [5.74, 6) is 0.438. The van der Waals surface area contributed by atoms with Crippen molar-refractivity contribution in [2.75, 3.05) is 12.8 Å². The Hall–Kier alpha value is -1.10. The molecule has 1 aromatic rings. The lowest BCUT2D eigenvalue weighted by molar-refractivity contribution is 0.0993. The third-order valence-electron chi connectivity index (χ3n) is 1.40. The molecule has 0 aliphatic heterocycles. The highest BCUT2D eigenvalue weighted by molar-refractivity contribution is 5.19. The lowest BCUT2D eigenvalue weighted by Crippen LogP contribution is -2.14. The molecule has 0 aliphatic carbocycles. The number of nitrogen functional groups attached to an aromatic ring is 1. The quantitative estimate of drug-likeness (QED) is 0.663. The van der Waals surface area contributed by atoms with Crippen LogP contribution in [0.3, 0.4) is 0 Å². The number of anilines is 1. The van der Waals surface area contributed by atoms with Gasteiger partial charge in [-0.25, -0.2) is 4.68 Å². The first-order valence-electron chi connectivity index (χ1n) is 3.40. The van der Waals surface area contributed by atoms with Crippen LogP contribution in [0.25, 0.3) is 0 Å². The van der Waals surface area contributed by atoms with Gasteiger partial charge in [-0.1, -0.05) is 5.21 Å². The molecule has 1 heterocycles. The predicted octanol–water partition coefficient (Wildman–Crippen LogP) is -0.105. The second-order valence-electron chi connectivity index (χ2n) is 2.41. The van der Waals surface area contributed by atoms with E-state index in [0.717, 1.165) is 0 Å². The molecule has 0 aromatic carbocycles. The summed E-state index contributed by atoms with van der Waals surface area (Å²) in [5, 5.41) is 7.40. The standard InChI is InChI=1S/C6H12N4O/c1-5(11-2)3-10-4-6(7)8-9-10/h4-5H,3,7H2,1-2H3. The Kier molecular flexibility index (Phi) is 2.43. The molecule has 62 valence electrons. The molecule has 0 fully saturated rings. The fourth-order valence-corrected chi connectivity index (χ4v) is 0.741. The van der Waals surface area contributed by atoms with Crippen molar-refractivity contribution in [3.05, 3.63) is 6.20 Å². The average molecular weight is 156 g/mol. The molecule has 2 N–H and O–H groups in total. The van der Waals surface area contributed by atoms with Crippen molar-refractivity contribution in [1.82, 2.24) is 15.0 Å². The number of nitrogens with two attached hydrogens (primary N) is 1. The Labute approximate surface area is 65.1 Å². The highest BCUT2D eigenvalue weighted by atomic mass is 16.5. The van der Waals surface area contributed by atoms with Gasteiger partial charge in [0, 0.05) is 7.11 Å². The van der Waals surface area contributed by atoms with E-state index in [1.54, 1.807) is 18.0 Å². The maximum atomic E-state index is 5.36. The Morgan fingerprint density at radius 2 is 2.55 bits per heavy atom. The number of hydrogen-bond donors (Lipinski definition) is 1. The van der Waals surface area contributed by atoms with Crippen molar-refractivity contribution < 1.29 is 4.74 Å². The van der Waals surface area contributed by atoms with Crippen molar-refractivity contribution >= 4 is 5.82 Å². The molecule has 1 unspecified atom stereocenters. The summed E-state index contributed by atoms with van der Waals surface area (Å²) in [6.07, 6.45) is 1.81. The number of aromatic nitrogens is 3. The van der Waals surface area contributed by atoms with Crippen LogP contribution in [0, 0.1) is 0 Å². The van der Waals surface area contributed by atoms with E-state index in [1.807, 2.05) is 6.92 Å². The summed E-state index contributed by atoms with van der Waals surface area (Å²) in [5.41, 5.74) is 5.36. The molecule has 0 aliphatic rings. The minimum atomic E-state index is 0.135. The van der Waals surface area contributed by atoms with E-state index in [4.69, 9.17) is 10.5 Å². The summed E-state index contributed by atoms with van der Waals surface area (Å²) in [6, 6.07) is 0. The molecular weight excluding hydrogens is 144 g/mol. The van der Waals surface area contributed by atoms with Gasteiger partial charge in [-0.15, -0.1) is 5.10 Å². The summed E-state index contributed by atoms with van der Waals surface area (Å²) >= 11 is 0. The lowest BCUT2D eigenvalue weighted by Gasteiger charge is -2.07. The second-order valence-corrected chi connectivity index (χ2v) is 2.41. The molecule has 1 rings (SSSR count). The van der Waals surface area contributed by atoms with E-state index < -0.39 is 0 Å². The number of ether oxygens (including phenoxy) is 1. The van der Waals surface area contributed by atoms with Gasteiger partial charge in [-0.2, -0.15) is 0 Å². The largest absolute Gasteiger partial charge is 0.381 e. The van der Waals surface area contributed by atoms with E-state index in [1.165, 1.54) is 0 Å². The fourth-order valence-electron chi connectivity index (χ4n) is 0.741. The van der Waals surface area contributed by atoms with Crippen LogP contribution in [-0.4, -0.2) is 28.2 Å². The molecule has 1 atom stereocenters. The van der Waals surface area contributed by atoms with Gasteiger partial charge in [0.1, 0.15) is 0 Å². The van der Waals surface area contributed by atoms with E-state index in [-0.39, 0.29) is 6.10 Å². The molecule has 5 heteroatoms. The maximum absolute atomic E-state index is 5.36. The zero-order valence-electron chi connectivity index (χ0n) is 6.69. The first-order chi connectivity index (χ1) is 5.22. The topological polar surface area (TPSA) is 66.0 Å². The average Bonchev–Trinajstić information content (AvgIpc) is 2.35. The highest BCUT2D eigenvalue weighted by Crippen LogP contribution is 1.96. The van der Waals surface area contributed by atoms with Gasteiger partial charge < -0.3 is 10.5 Å². The van der Waals surface area contributed by atoms with Gasteiger partial charge in [-0.05, 0) is 6.92 Å². The molecule has 5 nitrogen and oxygen atoms in total. The molecular formula is C6H12N4O. The molecule has 0 bridgehead atoms. The van der Waals surface area contributed by atoms with Gasteiger partial charge in [0.2, 0.25) is 0 Å². The third-order valence-corrected chi connectivity index (χ3v) is 1.40. The highest BCUT2D eigenvalue weighted by Gasteiger charge is 2.01. The van der Waals surface area contributed by atoms with Crippen molar-refractivity contribution in [1.29, 1.82) is 0 Å². The zero-order chi connectivity index (χ0) is 8.27. The summed E-state index contributed by atoms with van der Waals surface area (Å²) in [6.45, 7) is 2.64. The van der Waals surface area contributed by atoms with E-state index in [9.17, 15) is 0 Å². The van der Waals surface area contributed by atoms with Crippen LogP contribution in [0.15, 0.2) is 6.20 Å². The zero-order valence-corrected chi connectivity index (χ0v) is 6.69. The molecule has 0 amide bonds. The summed E-state index contributed by atoms with van der Waals surface area (Å²) in [4.78, 5) is 0. The van der Waals surface area contributed by atoms with E-state index in [2.05, 4.69) is 10.3 Å². The van der Waals surface area contributed by atoms with Crippen LogP contribution < -0.4 is 5.73 Å². The van der Waals surface area contributed by atoms with Gasteiger partial charge in [0.25, 0.3) is 0 Å².